The quantitative estimate of drug-likeness (QED) is 0.153. The minimum absolute atomic E-state index is 0.622. The Morgan fingerprint density at radius 1 is 0.281 bits per heavy atom. The van der Waals surface area contributed by atoms with Crippen LogP contribution in [0.1, 0.15) is 0 Å². The number of aromatic nitrogens is 4. The third kappa shape index (κ3) is 6.73. The van der Waals surface area contributed by atoms with Gasteiger partial charge in [-0.1, -0.05) is 164 Å². The van der Waals surface area contributed by atoms with Crippen molar-refractivity contribution < 1.29 is 0 Å². The first-order chi connectivity index (χ1) is 31.7. The van der Waals surface area contributed by atoms with Crippen molar-refractivity contribution in [2.24, 2.45) is 0 Å². The van der Waals surface area contributed by atoms with Crippen molar-refractivity contribution in [2.45, 2.75) is 0 Å². The molecule has 5 heteroatoms. The zero-order chi connectivity index (χ0) is 42.4. The second-order valence-electron chi connectivity index (χ2n) is 16.1. The lowest BCUT2D eigenvalue weighted by atomic mass is 10.0. The second-order valence-corrected chi connectivity index (χ2v) is 16.1. The van der Waals surface area contributed by atoms with Gasteiger partial charge in [0.2, 0.25) is 0 Å². The molecule has 0 bridgehead atoms. The van der Waals surface area contributed by atoms with Gasteiger partial charge in [0.25, 0.3) is 0 Å². The Bertz CT molecular complexity index is 3670. The molecule has 0 atom stereocenters. The van der Waals surface area contributed by atoms with Crippen molar-refractivity contribution in [1.82, 2.24) is 19.5 Å². The highest BCUT2D eigenvalue weighted by Gasteiger charge is 2.18. The van der Waals surface area contributed by atoms with Gasteiger partial charge in [0.15, 0.2) is 17.5 Å². The molecule has 0 aliphatic rings. The van der Waals surface area contributed by atoms with Gasteiger partial charge in [0.05, 0.1) is 11.0 Å². The van der Waals surface area contributed by atoms with E-state index < -0.39 is 0 Å². The van der Waals surface area contributed by atoms with Crippen molar-refractivity contribution in [3.63, 3.8) is 0 Å². The van der Waals surface area contributed by atoms with Crippen LogP contribution in [0.25, 0.3) is 94.3 Å². The topological polar surface area (TPSA) is 46.8 Å². The summed E-state index contributed by atoms with van der Waals surface area (Å²) in [4.78, 5) is 17.5. The van der Waals surface area contributed by atoms with Crippen molar-refractivity contribution >= 4 is 60.4 Å². The fraction of sp³-hybridized carbons (Fsp3) is 0. The molecule has 0 amide bonds. The van der Waals surface area contributed by atoms with Crippen LogP contribution < -0.4 is 4.90 Å². The molecule has 10 aromatic carbocycles. The Morgan fingerprint density at radius 3 is 1.55 bits per heavy atom. The predicted molar refractivity (Wildman–Crippen MR) is 266 cm³/mol. The molecule has 0 unspecified atom stereocenters. The van der Waals surface area contributed by atoms with Gasteiger partial charge in [-0.25, -0.2) is 15.0 Å². The summed E-state index contributed by atoms with van der Waals surface area (Å²) >= 11 is 0. The maximum absolute atomic E-state index is 5.13. The summed E-state index contributed by atoms with van der Waals surface area (Å²) in [5, 5.41) is 7.14. The fourth-order valence-corrected chi connectivity index (χ4v) is 9.04. The first-order valence-electron chi connectivity index (χ1n) is 21.6. The predicted octanol–water partition coefficient (Wildman–Crippen LogP) is 15.4. The maximum Gasteiger partial charge on any atom is 0.164 e. The Balaban J connectivity index is 0.931. The molecule has 0 N–H and O–H groups in total. The largest absolute Gasteiger partial charge is 0.310 e. The molecule has 2 aromatic heterocycles. The number of anilines is 3. The van der Waals surface area contributed by atoms with Gasteiger partial charge < -0.3 is 9.47 Å². The molecule has 0 fully saturated rings. The van der Waals surface area contributed by atoms with Crippen molar-refractivity contribution in [3.05, 3.63) is 237 Å². The molecule has 300 valence electrons. The molecular weight excluding hydrogens is 779 g/mol. The average molecular weight is 818 g/mol. The summed E-state index contributed by atoms with van der Waals surface area (Å²) in [5.74, 6) is 1.90. The lowest BCUT2D eigenvalue weighted by molar-refractivity contribution is 1.07. The fourth-order valence-electron chi connectivity index (χ4n) is 9.04. The summed E-state index contributed by atoms with van der Waals surface area (Å²) in [6.07, 6.45) is 0. The second kappa shape index (κ2) is 15.7. The van der Waals surface area contributed by atoms with Gasteiger partial charge in [0, 0.05) is 50.2 Å². The van der Waals surface area contributed by atoms with Crippen LogP contribution in [0, 0.1) is 0 Å². The maximum atomic E-state index is 5.13. The van der Waals surface area contributed by atoms with Gasteiger partial charge in [-0.15, -0.1) is 0 Å². The van der Waals surface area contributed by atoms with E-state index in [9.17, 15) is 0 Å². The monoisotopic (exact) mass is 817 g/mol. The summed E-state index contributed by atoms with van der Waals surface area (Å²) < 4.78 is 2.35. The molecule has 2 heterocycles. The Hall–Kier alpha value is -8.67. The number of para-hydroxylation sites is 2. The van der Waals surface area contributed by atoms with E-state index in [4.69, 9.17) is 15.0 Å². The number of nitrogens with zero attached hydrogens (tertiary/aromatic N) is 5. The molecule has 0 aliphatic heterocycles. The highest BCUT2D eigenvalue weighted by molar-refractivity contribution is 6.10. The van der Waals surface area contributed by atoms with Crippen LogP contribution >= 0.6 is 0 Å². The standard InChI is InChI=1S/C59H39N5/c1-3-16-43(17-4-1)57-60-58(62-59(61-57)48-27-26-40-14-7-9-18-44(40)36-48)47-20-13-23-51(38-47)64-55-25-12-11-24-53(55)54-39-46(31-35-56(54)64)42-28-32-50(33-29-42)63(49-21-5-2-6-22-49)52-34-30-41-15-8-10-19-45(41)37-52/h1-39H. The molecule has 0 saturated carbocycles. The van der Waals surface area contributed by atoms with Crippen molar-refractivity contribution in [2.75, 3.05) is 4.90 Å². The summed E-state index contributed by atoms with van der Waals surface area (Å²) in [5.41, 5.74) is 11.7. The number of fused-ring (bicyclic) bond motifs is 5. The minimum atomic E-state index is 0.622. The molecule has 12 aromatic rings. The number of rotatable bonds is 8. The van der Waals surface area contributed by atoms with E-state index in [2.05, 4.69) is 216 Å². The third-order valence-corrected chi connectivity index (χ3v) is 12.2. The van der Waals surface area contributed by atoms with E-state index in [0.717, 1.165) is 67.0 Å². The first kappa shape index (κ1) is 37.1. The third-order valence-electron chi connectivity index (χ3n) is 12.2. The number of hydrogen-bond acceptors (Lipinski definition) is 4. The summed E-state index contributed by atoms with van der Waals surface area (Å²) in [6.45, 7) is 0. The SMILES string of the molecule is c1ccc(-c2nc(-c3cccc(-n4c5ccccc5c5cc(-c6ccc(N(c7ccccc7)c7ccc8ccccc8c7)cc6)ccc54)c3)nc(-c3ccc4ccccc4c3)n2)cc1. The van der Waals surface area contributed by atoms with Crippen molar-refractivity contribution in [3.8, 4) is 51.0 Å². The Morgan fingerprint density at radius 2 is 0.797 bits per heavy atom. The van der Waals surface area contributed by atoms with E-state index in [1.165, 1.54) is 26.9 Å². The van der Waals surface area contributed by atoms with Crippen LogP contribution in [-0.2, 0) is 0 Å². The van der Waals surface area contributed by atoms with E-state index in [1.54, 1.807) is 0 Å². The van der Waals surface area contributed by atoms with Gasteiger partial charge >= 0.3 is 0 Å². The van der Waals surface area contributed by atoms with Gasteiger partial charge in [-0.2, -0.15) is 0 Å². The van der Waals surface area contributed by atoms with E-state index in [0.29, 0.717) is 17.5 Å². The average Bonchev–Trinajstić information content (AvgIpc) is 3.71. The molecule has 12 rings (SSSR count). The molecule has 64 heavy (non-hydrogen) atoms. The number of benzene rings is 10. The van der Waals surface area contributed by atoms with E-state index in [1.807, 2.05) is 30.3 Å². The summed E-state index contributed by atoms with van der Waals surface area (Å²) in [7, 11) is 0. The molecular formula is C59H39N5. The van der Waals surface area contributed by atoms with Crippen LogP contribution in [-0.4, -0.2) is 19.5 Å². The zero-order valence-electron chi connectivity index (χ0n) is 34.8. The molecule has 0 saturated heterocycles. The van der Waals surface area contributed by atoms with E-state index >= 15 is 0 Å². The van der Waals surface area contributed by atoms with Crippen LogP contribution in [0.3, 0.4) is 0 Å². The Labute approximate surface area is 370 Å². The summed E-state index contributed by atoms with van der Waals surface area (Å²) in [6, 6.07) is 83.7. The molecule has 0 radical (unpaired) electrons. The van der Waals surface area contributed by atoms with Gasteiger partial charge in [0.1, 0.15) is 0 Å². The van der Waals surface area contributed by atoms with Gasteiger partial charge in [-0.3, -0.25) is 0 Å². The van der Waals surface area contributed by atoms with Crippen LogP contribution in [0.15, 0.2) is 237 Å². The smallest absolute Gasteiger partial charge is 0.164 e. The molecule has 0 aliphatic carbocycles. The highest BCUT2D eigenvalue weighted by Crippen LogP contribution is 2.39. The highest BCUT2D eigenvalue weighted by atomic mass is 15.1. The van der Waals surface area contributed by atoms with Crippen LogP contribution in [0.2, 0.25) is 0 Å². The van der Waals surface area contributed by atoms with E-state index in [-0.39, 0.29) is 0 Å². The molecule has 0 spiro atoms. The van der Waals surface area contributed by atoms with Crippen molar-refractivity contribution in [1.29, 1.82) is 0 Å². The minimum Gasteiger partial charge on any atom is -0.310 e. The lowest BCUT2D eigenvalue weighted by Gasteiger charge is -2.26. The lowest BCUT2D eigenvalue weighted by Crippen LogP contribution is -2.09. The first-order valence-corrected chi connectivity index (χ1v) is 21.6. The normalized spacial score (nSPS) is 11.4. The number of hydrogen-bond donors (Lipinski definition) is 0. The van der Waals surface area contributed by atoms with Crippen LogP contribution in [0.4, 0.5) is 17.1 Å². The molecule has 5 nitrogen and oxygen atoms in total. The zero-order valence-corrected chi connectivity index (χ0v) is 34.8. The van der Waals surface area contributed by atoms with Gasteiger partial charge in [-0.05, 0) is 105 Å². The Kier molecular flexibility index (Phi) is 9.08. The van der Waals surface area contributed by atoms with Crippen LogP contribution in [0.5, 0.6) is 0 Å².